The van der Waals surface area contributed by atoms with Gasteiger partial charge in [0.25, 0.3) is 0 Å². The van der Waals surface area contributed by atoms with Crippen LogP contribution in [0, 0.1) is 6.92 Å². The summed E-state index contributed by atoms with van der Waals surface area (Å²) in [4.78, 5) is 11.8. The van der Waals surface area contributed by atoms with E-state index in [1.165, 1.54) is 0 Å². The smallest absolute Gasteiger partial charge is 0.325 e. The summed E-state index contributed by atoms with van der Waals surface area (Å²) in [6.07, 6.45) is 1.86. The van der Waals surface area contributed by atoms with Gasteiger partial charge in [0, 0.05) is 12.2 Å². The highest BCUT2D eigenvalue weighted by Crippen LogP contribution is 1.99. The highest BCUT2D eigenvalue weighted by molar-refractivity contribution is 5.75. The van der Waals surface area contributed by atoms with Gasteiger partial charge >= 0.3 is 5.97 Å². The Hall–Kier alpha value is -1.36. The summed E-state index contributed by atoms with van der Waals surface area (Å²) >= 11 is 0. The summed E-state index contributed by atoms with van der Waals surface area (Å²) in [7, 11) is 0. The average Bonchev–Trinajstić information content (AvgIpc) is 2.63. The van der Waals surface area contributed by atoms with Gasteiger partial charge in [-0.3, -0.25) is 9.48 Å². The van der Waals surface area contributed by atoms with Crippen LogP contribution < -0.4 is 5.32 Å². The van der Waals surface area contributed by atoms with Crippen molar-refractivity contribution in [2.24, 2.45) is 0 Å². The molecule has 0 spiro atoms. The van der Waals surface area contributed by atoms with Gasteiger partial charge in [-0.15, -0.1) is 0 Å². The van der Waals surface area contributed by atoms with Crippen molar-refractivity contribution in [3.8, 4) is 0 Å². The van der Waals surface area contributed by atoms with Crippen molar-refractivity contribution >= 4 is 5.97 Å². The second-order valence-corrected chi connectivity index (χ2v) is 4.31. The number of nitrogens with one attached hydrogen (secondary N) is 1. The Labute approximate surface area is 102 Å². The van der Waals surface area contributed by atoms with Crippen LogP contribution in [0.4, 0.5) is 0 Å². The maximum absolute atomic E-state index is 11.8. The molecule has 0 saturated heterocycles. The topological polar surface area (TPSA) is 56.2 Å². The Bertz CT molecular complexity index is 360. The standard InChI is InChI=1S/C12H21N3O2/c1-5-17-12(16)11(13-9(2)3)8-15-7-6-10(4)14-15/h6-7,9,11,13H,5,8H2,1-4H3. The van der Waals surface area contributed by atoms with E-state index in [0.29, 0.717) is 13.2 Å². The van der Waals surface area contributed by atoms with Crippen LogP contribution in [-0.2, 0) is 16.1 Å². The number of aromatic nitrogens is 2. The summed E-state index contributed by atoms with van der Waals surface area (Å²) in [5.74, 6) is -0.227. The third-order valence-corrected chi connectivity index (χ3v) is 2.25. The quantitative estimate of drug-likeness (QED) is 0.756. The molecule has 0 fully saturated rings. The van der Waals surface area contributed by atoms with E-state index in [-0.39, 0.29) is 18.1 Å². The van der Waals surface area contributed by atoms with Gasteiger partial charge in [0.05, 0.1) is 18.8 Å². The second kappa shape index (κ2) is 6.39. The number of aryl methyl sites for hydroxylation is 1. The number of ether oxygens (including phenoxy) is 1. The molecule has 5 heteroatoms. The molecule has 0 aliphatic carbocycles. The fraction of sp³-hybridized carbons (Fsp3) is 0.667. The van der Waals surface area contributed by atoms with Crippen LogP contribution in [0.3, 0.4) is 0 Å². The molecule has 1 atom stereocenters. The zero-order valence-corrected chi connectivity index (χ0v) is 10.9. The lowest BCUT2D eigenvalue weighted by Gasteiger charge is -2.19. The third-order valence-electron chi connectivity index (χ3n) is 2.25. The first-order chi connectivity index (χ1) is 8.02. The van der Waals surface area contributed by atoms with E-state index >= 15 is 0 Å². The van der Waals surface area contributed by atoms with Crippen LogP contribution in [0.2, 0.25) is 0 Å². The molecule has 0 amide bonds. The lowest BCUT2D eigenvalue weighted by molar-refractivity contribution is -0.146. The predicted octanol–water partition coefficient (Wildman–Crippen LogP) is 1.12. The lowest BCUT2D eigenvalue weighted by atomic mass is 10.2. The molecule has 0 bridgehead atoms. The van der Waals surface area contributed by atoms with Crippen LogP contribution in [-0.4, -0.2) is 34.4 Å². The van der Waals surface area contributed by atoms with Crippen LogP contribution in [0.15, 0.2) is 12.3 Å². The maximum atomic E-state index is 11.8. The first kappa shape index (κ1) is 13.7. The van der Waals surface area contributed by atoms with Crippen molar-refractivity contribution in [3.05, 3.63) is 18.0 Å². The number of hydrogen-bond acceptors (Lipinski definition) is 4. The van der Waals surface area contributed by atoms with Crippen molar-refractivity contribution in [3.63, 3.8) is 0 Å². The molecule has 96 valence electrons. The summed E-state index contributed by atoms with van der Waals surface area (Å²) in [5, 5.41) is 7.46. The molecule has 1 heterocycles. The van der Waals surface area contributed by atoms with Crippen molar-refractivity contribution in [2.45, 2.75) is 46.3 Å². The van der Waals surface area contributed by atoms with Gasteiger partial charge in [-0.05, 0) is 19.9 Å². The SMILES string of the molecule is CCOC(=O)C(Cn1ccc(C)n1)NC(C)C. The van der Waals surface area contributed by atoms with E-state index in [9.17, 15) is 4.79 Å². The molecule has 0 aliphatic rings. The molecule has 17 heavy (non-hydrogen) atoms. The van der Waals surface area contributed by atoms with Gasteiger partial charge in [0.1, 0.15) is 6.04 Å². The molecular weight excluding hydrogens is 218 g/mol. The largest absolute Gasteiger partial charge is 0.465 e. The Morgan fingerprint density at radius 2 is 2.29 bits per heavy atom. The maximum Gasteiger partial charge on any atom is 0.325 e. The summed E-state index contributed by atoms with van der Waals surface area (Å²) in [5.41, 5.74) is 0.942. The summed E-state index contributed by atoms with van der Waals surface area (Å²) in [6, 6.07) is 1.78. The third kappa shape index (κ3) is 4.56. The second-order valence-electron chi connectivity index (χ2n) is 4.31. The van der Waals surface area contributed by atoms with E-state index in [2.05, 4.69) is 10.4 Å². The number of esters is 1. The summed E-state index contributed by atoms with van der Waals surface area (Å²) in [6.45, 7) is 8.62. The number of carbonyl (C=O) groups excluding carboxylic acids is 1. The van der Waals surface area contributed by atoms with Gasteiger partial charge < -0.3 is 10.1 Å². The number of carbonyl (C=O) groups is 1. The van der Waals surface area contributed by atoms with Gasteiger partial charge in [0.2, 0.25) is 0 Å². The van der Waals surface area contributed by atoms with E-state index < -0.39 is 0 Å². The molecule has 0 aromatic carbocycles. The predicted molar refractivity (Wildman–Crippen MR) is 65.7 cm³/mol. The molecule has 1 aromatic rings. The van der Waals surface area contributed by atoms with Crippen molar-refractivity contribution < 1.29 is 9.53 Å². The minimum atomic E-state index is -0.353. The lowest BCUT2D eigenvalue weighted by Crippen LogP contribution is -2.44. The van der Waals surface area contributed by atoms with Gasteiger partial charge in [0.15, 0.2) is 0 Å². The van der Waals surface area contributed by atoms with Crippen LogP contribution in [0.5, 0.6) is 0 Å². The Balaban J connectivity index is 2.66. The molecule has 0 saturated carbocycles. The van der Waals surface area contributed by atoms with E-state index in [0.717, 1.165) is 5.69 Å². The number of hydrogen-bond donors (Lipinski definition) is 1. The van der Waals surface area contributed by atoms with Crippen molar-refractivity contribution in [2.75, 3.05) is 6.61 Å². The van der Waals surface area contributed by atoms with Crippen LogP contribution in [0.25, 0.3) is 0 Å². The molecule has 1 N–H and O–H groups in total. The zero-order chi connectivity index (χ0) is 12.8. The number of rotatable bonds is 6. The molecule has 5 nitrogen and oxygen atoms in total. The highest BCUT2D eigenvalue weighted by Gasteiger charge is 2.21. The average molecular weight is 239 g/mol. The fourth-order valence-electron chi connectivity index (χ4n) is 1.59. The molecule has 1 aromatic heterocycles. The van der Waals surface area contributed by atoms with Crippen LogP contribution in [0.1, 0.15) is 26.5 Å². The first-order valence-electron chi connectivity index (χ1n) is 5.95. The first-order valence-corrected chi connectivity index (χ1v) is 5.95. The van der Waals surface area contributed by atoms with Crippen molar-refractivity contribution in [1.29, 1.82) is 0 Å². The minimum absolute atomic E-state index is 0.223. The minimum Gasteiger partial charge on any atom is -0.465 e. The van der Waals surface area contributed by atoms with Gasteiger partial charge in [-0.2, -0.15) is 5.10 Å². The summed E-state index contributed by atoms with van der Waals surface area (Å²) < 4.78 is 6.80. The molecule has 0 radical (unpaired) electrons. The molecule has 0 aliphatic heterocycles. The van der Waals surface area contributed by atoms with E-state index in [1.54, 1.807) is 4.68 Å². The Kier molecular flexibility index (Phi) is 5.15. The molecule has 1 rings (SSSR count). The van der Waals surface area contributed by atoms with E-state index in [1.807, 2.05) is 40.0 Å². The number of nitrogens with zero attached hydrogens (tertiary/aromatic N) is 2. The Morgan fingerprint density at radius 3 is 2.76 bits per heavy atom. The van der Waals surface area contributed by atoms with Gasteiger partial charge in [-0.1, -0.05) is 13.8 Å². The normalized spacial score (nSPS) is 12.8. The molecular formula is C12H21N3O2. The van der Waals surface area contributed by atoms with Gasteiger partial charge in [-0.25, -0.2) is 0 Å². The van der Waals surface area contributed by atoms with E-state index in [4.69, 9.17) is 4.74 Å². The zero-order valence-electron chi connectivity index (χ0n) is 10.9. The fourth-order valence-corrected chi connectivity index (χ4v) is 1.59. The highest BCUT2D eigenvalue weighted by atomic mass is 16.5. The van der Waals surface area contributed by atoms with Crippen molar-refractivity contribution in [1.82, 2.24) is 15.1 Å². The monoisotopic (exact) mass is 239 g/mol. The van der Waals surface area contributed by atoms with Crippen LogP contribution >= 0.6 is 0 Å². The molecule has 1 unspecified atom stereocenters. The Morgan fingerprint density at radius 1 is 1.59 bits per heavy atom.